The van der Waals surface area contributed by atoms with Gasteiger partial charge in [0.2, 0.25) is 12.5 Å². The lowest BCUT2D eigenvalue weighted by Crippen LogP contribution is -2.01. The van der Waals surface area contributed by atoms with Gasteiger partial charge in [0, 0.05) is 0 Å². The molecule has 1 aliphatic heterocycles. The Morgan fingerprint density at radius 2 is 2.29 bits per heavy atom. The highest BCUT2D eigenvalue weighted by Crippen LogP contribution is 2.42. The molecule has 0 amide bonds. The van der Waals surface area contributed by atoms with Crippen molar-refractivity contribution >= 4 is 5.97 Å². The monoisotopic (exact) mass is 196 g/mol. The van der Waals surface area contributed by atoms with Gasteiger partial charge >= 0.3 is 5.97 Å². The molecule has 5 heteroatoms. The Morgan fingerprint density at radius 3 is 2.93 bits per heavy atom. The smallest absolute Gasteiger partial charge is 0.339 e. The van der Waals surface area contributed by atoms with Gasteiger partial charge in [0.15, 0.2) is 11.5 Å². The lowest BCUT2D eigenvalue weighted by atomic mass is 10.2. The molecular formula is C9H8O5. The Labute approximate surface area is 79.8 Å². The number of benzene rings is 1. The molecule has 14 heavy (non-hydrogen) atoms. The number of fused-ring (bicyclic) bond motifs is 1. The van der Waals surface area contributed by atoms with Gasteiger partial charge < -0.3 is 19.3 Å². The van der Waals surface area contributed by atoms with E-state index in [2.05, 4.69) is 0 Å². The summed E-state index contributed by atoms with van der Waals surface area (Å²) in [6.45, 7) is 0.0920. The zero-order valence-corrected chi connectivity index (χ0v) is 7.44. The van der Waals surface area contributed by atoms with Crippen LogP contribution in [0.1, 0.15) is 10.4 Å². The third-order valence-electron chi connectivity index (χ3n) is 1.93. The van der Waals surface area contributed by atoms with Crippen molar-refractivity contribution in [2.24, 2.45) is 0 Å². The first kappa shape index (κ1) is 8.68. The van der Waals surface area contributed by atoms with Gasteiger partial charge in [0.1, 0.15) is 5.56 Å². The Balaban J connectivity index is 2.59. The van der Waals surface area contributed by atoms with E-state index in [-0.39, 0.29) is 18.1 Å². The average Bonchev–Trinajstić information content (AvgIpc) is 2.63. The molecule has 0 unspecified atom stereocenters. The molecule has 0 spiro atoms. The minimum Gasteiger partial charge on any atom is -0.492 e. The summed E-state index contributed by atoms with van der Waals surface area (Å²) in [5, 5.41) is 8.85. The summed E-state index contributed by atoms with van der Waals surface area (Å²) in [6, 6.07) is 2.98. The summed E-state index contributed by atoms with van der Waals surface area (Å²) >= 11 is 0. The first-order valence-electron chi connectivity index (χ1n) is 3.94. The van der Waals surface area contributed by atoms with Crippen LogP contribution in [0.15, 0.2) is 12.1 Å². The molecule has 1 aliphatic rings. The van der Waals surface area contributed by atoms with Crippen LogP contribution in [0.5, 0.6) is 17.2 Å². The number of methoxy groups -OCH3 is 1. The Bertz CT molecular complexity index is 385. The highest BCUT2D eigenvalue weighted by Gasteiger charge is 2.24. The molecule has 0 aromatic heterocycles. The number of carboxylic acids is 1. The quantitative estimate of drug-likeness (QED) is 0.767. The van der Waals surface area contributed by atoms with Crippen molar-refractivity contribution in [3.05, 3.63) is 17.7 Å². The maximum Gasteiger partial charge on any atom is 0.339 e. The minimum absolute atomic E-state index is 0.0664. The van der Waals surface area contributed by atoms with Gasteiger partial charge in [-0.3, -0.25) is 0 Å². The second-order valence-electron chi connectivity index (χ2n) is 2.69. The predicted octanol–water partition coefficient (Wildman–Crippen LogP) is 1.12. The number of hydrogen-bond acceptors (Lipinski definition) is 4. The number of hydrogen-bond donors (Lipinski definition) is 1. The average molecular weight is 196 g/mol. The summed E-state index contributed by atoms with van der Waals surface area (Å²) in [5.41, 5.74) is 0.0664. The highest BCUT2D eigenvalue weighted by atomic mass is 16.7. The first-order valence-corrected chi connectivity index (χ1v) is 3.94. The maximum atomic E-state index is 10.8. The highest BCUT2D eigenvalue weighted by molar-refractivity contribution is 5.92. The lowest BCUT2D eigenvalue weighted by molar-refractivity contribution is 0.0692. The van der Waals surface area contributed by atoms with Gasteiger partial charge in [-0.05, 0) is 12.1 Å². The van der Waals surface area contributed by atoms with Crippen LogP contribution in [-0.4, -0.2) is 25.0 Å². The summed E-state index contributed by atoms with van der Waals surface area (Å²) in [7, 11) is 1.39. The van der Waals surface area contributed by atoms with Gasteiger partial charge in [0.05, 0.1) is 7.11 Å². The second-order valence-corrected chi connectivity index (χ2v) is 2.69. The normalized spacial score (nSPS) is 12.6. The second kappa shape index (κ2) is 3.10. The third-order valence-corrected chi connectivity index (χ3v) is 1.93. The Hall–Kier alpha value is -1.91. The van der Waals surface area contributed by atoms with Crippen LogP contribution in [0.3, 0.4) is 0 Å². The van der Waals surface area contributed by atoms with E-state index in [1.165, 1.54) is 13.2 Å². The van der Waals surface area contributed by atoms with E-state index in [9.17, 15) is 4.79 Å². The van der Waals surface area contributed by atoms with Crippen LogP contribution < -0.4 is 14.2 Å². The summed E-state index contributed by atoms with van der Waals surface area (Å²) in [6.07, 6.45) is 0. The topological polar surface area (TPSA) is 65.0 Å². The molecular weight excluding hydrogens is 188 g/mol. The molecule has 1 heterocycles. The summed E-state index contributed by atoms with van der Waals surface area (Å²) in [5.74, 6) is 0.00639. The van der Waals surface area contributed by atoms with Crippen LogP contribution >= 0.6 is 0 Å². The lowest BCUT2D eigenvalue weighted by Gasteiger charge is -2.07. The molecule has 5 nitrogen and oxygen atoms in total. The fraction of sp³-hybridized carbons (Fsp3) is 0.222. The number of carboxylic acid groups (broad SMARTS) is 1. The molecule has 0 saturated heterocycles. The van der Waals surface area contributed by atoms with Crippen molar-refractivity contribution < 1.29 is 24.1 Å². The number of carbonyl (C=O) groups is 1. The van der Waals surface area contributed by atoms with Gasteiger partial charge in [-0.15, -0.1) is 0 Å². The van der Waals surface area contributed by atoms with Crippen molar-refractivity contribution in [2.75, 3.05) is 13.9 Å². The summed E-state index contributed by atoms with van der Waals surface area (Å²) in [4.78, 5) is 10.8. The molecule has 0 fully saturated rings. The van der Waals surface area contributed by atoms with Gasteiger partial charge in [-0.25, -0.2) is 4.79 Å². The van der Waals surface area contributed by atoms with E-state index in [0.717, 1.165) is 0 Å². The minimum atomic E-state index is -1.06. The zero-order valence-electron chi connectivity index (χ0n) is 7.44. The molecule has 2 rings (SSSR count). The zero-order chi connectivity index (χ0) is 10.1. The van der Waals surface area contributed by atoms with Gasteiger partial charge in [-0.2, -0.15) is 0 Å². The molecule has 0 radical (unpaired) electrons. The van der Waals surface area contributed by atoms with E-state index >= 15 is 0 Å². The van der Waals surface area contributed by atoms with Crippen LogP contribution in [-0.2, 0) is 0 Å². The SMILES string of the molecule is COc1c(C(=O)O)ccc2c1OCO2. The largest absolute Gasteiger partial charge is 0.492 e. The van der Waals surface area contributed by atoms with E-state index in [0.29, 0.717) is 11.5 Å². The molecule has 0 bridgehead atoms. The maximum absolute atomic E-state index is 10.8. The van der Waals surface area contributed by atoms with Crippen LogP contribution in [0.25, 0.3) is 0 Å². The van der Waals surface area contributed by atoms with Crippen LogP contribution in [0.2, 0.25) is 0 Å². The van der Waals surface area contributed by atoms with Gasteiger partial charge in [0.25, 0.3) is 0 Å². The standard InChI is InChI=1S/C9H8O5/c1-12-7-5(9(10)11)2-3-6-8(7)14-4-13-6/h2-3H,4H2,1H3,(H,10,11). The van der Waals surface area contributed by atoms with Crippen molar-refractivity contribution in [3.8, 4) is 17.2 Å². The first-order chi connectivity index (χ1) is 6.74. The van der Waals surface area contributed by atoms with Crippen molar-refractivity contribution in [1.82, 2.24) is 0 Å². The predicted molar refractivity (Wildman–Crippen MR) is 46.1 cm³/mol. The van der Waals surface area contributed by atoms with E-state index in [4.69, 9.17) is 19.3 Å². The molecule has 0 atom stereocenters. The molecule has 74 valence electrons. The third kappa shape index (κ3) is 1.14. The van der Waals surface area contributed by atoms with Crippen molar-refractivity contribution in [2.45, 2.75) is 0 Å². The number of rotatable bonds is 2. The van der Waals surface area contributed by atoms with Crippen molar-refractivity contribution in [1.29, 1.82) is 0 Å². The fourth-order valence-electron chi connectivity index (χ4n) is 1.32. The van der Waals surface area contributed by atoms with Crippen LogP contribution in [0, 0.1) is 0 Å². The van der Waals surface area contributed by atoms with Crippen molar-refractivity contribution in [3.63, 3.8) is 0 Å². The van der Waals surface area contributed by atoms with Gasteiger partial charge in [-0.1, -0.05) is 0 Å². The van der Waals surface area contributed by atoms with E-state index in [1.54, 1.807) is 6.07 Å². The Kier molecular flexibility index (Phi) is 1.92. The van der Waals surface area contributed by atoms with Crippen LogP contribution in [0.4, 0.5) is 0 Å². The number of ether oxygens (including phenoxy) is 3. The molecule has 1 N–H and O–H groups in total. The molecule has 0 aliphatic carbocycles. The number of aromatic carboxylic acids is 1. The Morgan fingerprint density at radius 1 is 1.50 bits per heavy atom. The van der Waals surface area contributed by atoms with E-state index in [1.807, 2.05) is 0 Å². The molecule has 1 aromatic rings. The summed E-state index contributed by atoms with van der Waals surface area (Å²) < 4.78 is 15.1. The molecule has 0 saturated carbocycles. The fourth-order valence-corrected chi connectivity index (χ4v) is 1.32. The van der Waals surface area contributed by atoms with E-state index < -0.39 is 5.97 Å². The molecule has 1 aromatic carbocycles.